The van der Waals surface area contributed by atoms with E-state index in [0.29, 0.717) is 24.9 Å². The lowest BCUT2D eigenvalue weighted by atomic mass is 9.86. The topological polar surface area (TPSA) is 98.6 Å². The molecule has 222 valence electrons. The molecule has 0 radical (unpaired) electrons. The van der Waals surface area contributed by atoms with Crippen LogP contribution in [0.2, 0.25) is 0 Å². The van der Waals surface area contributed by atoms with Crippen molar-refractivity contribution < 1.29 is 19.1 Å². The Labute approximate surface area is 251 Å². The molecule has 0 spiro atoms. The van der Waals surface area contributed by atoms with Crippen LogP contribution >= 0.6 is 0 Å². The monoisotopic (exact) mass is 579 g/mol. The highest BCUT2D eigenvalue weighted by molar-refractivity contribution is 6.06. The summed E-state index contributed by atoms with van der Waals surface area (Å²) in [7, 11) is 1.65. The third-order valence-corrected chi connectivity index (χ3v) is 9.48. The molecular weight excluding hydrogens is 542 g/mol. The Morgan fingerprint density at radius 3 is 2.53 bits per heavy atom. The molecule has 1 aliphatic carbocycles. The van der Waals surface area contributed by atoms with Crippen molar-refractivity contribution in [1.82, 2.24) is 19.4 Å². The van der Waals surface area contributed by atoms with E-state index in [1.807, 2.05) is 80.5 Å². The number of benzene rings is 2. The maximum atomic E-state index is 13.2. The number of likely N-dealkylation sites (tertiary alicyclic amines) is 1. The number of imidazole rings is 1. The summed E-state index contributed by atoms with van der Waals surface area (Å²) in [5.41, 5.74) is 5.61. The number of pyridine rings is 1. The molecular formula is C34H37N5O4. The number of hydrogen-bond acceptors (Lipinski definition) is 6. The number of methoxy groups -OCH3 is 1. The van der Waals surface area contributed by atoms with Gasteiger partial charge in [0.2, 0.25) is 17.7 Å². The first-order chi connectivity index (χ1) is 20.6. The van der Waals surface area contributed by atoms with E-state index in [4.69, 9.17) is 19.4 Å². The molecule has 43 heavy (non-hydrogen) atoms. The first-order valence-corrected chi connectivity index (χ1v) is 15.1. The third-order valence-electron chi connectivity index (χ3n) is 9.48. The van der Waals surface area contributed by atoms with Gasteiger partial charge in [0.25, 0.3) is 0 Å². The van der Waals surface area contributed by atoms with Gasteiger partial charge in [-0.15, -0.1) is 0 Å². The molecule has 1 unspecified atom stereocenters. The van der Waals surface area contributed by atoms with Crippen LogP contribution in [0.3, 0.4) is 0 Å². The van der Waals surface area contributed by atoms with Gasteiger partial charge in [-0.3, -0.25) is 9.59 Å². The van der Waals surface area contributed by atoms with Gasteiger partial charge in [0, 0.05) is 36.2 Å². The molecule has 2 aliphatic heterocycles. The Kier molecular flexibility index (Phi) is 6.45. The van der Waals surface area contributed by atoms with Crippen molar-refractivity contribution in [3.05, 3.63) is 66.0 Å². The molecule has 9 nitrogen and oxygen atoms in total. The van der Waals surface area contributed by atoms with Crippen molar-refractivity contribution in [2.24, 2.45) is 5.92 Å². The van der Waals surface area contributed by atoms with Crippen molar-refractivity contribution in [1.29, 1.82) is 0 Å². The Morgan fingerprint density at radius 1 is 1.05 bits per heavy atom. The minimum atomic E-state index is -0.574. The Balaban J connectivity index is 1.17. The Morgan fingerprint density at radius 2 is 1.81 bits per heavy atom. The number of hydrogen-bond donors (Lipinski definition) is 1. The molecule has 0 bridgehead atoms. The van der Waals surface area contributed by atoms with E-state index in [9.17, 15) is 9.59 Å². The molecule has 2 fully saturated rings. The van der Waals surface area contributed by atoms with Gasteiger partial charge in [0.15, 0.2) is 0 Å². The van der Waals surface area contributed by atoms with E-state index in [-0.39, 0.29) is 29.9 Å². The maximum absolute atomic E-state index is 13.2. The summed E-state index contributed by atoms with van der Waals surface area (Å²) in [6.07, 6.45) is 4.28. The summed E-state index contributed by atoms with van der Waals surface area (Å²) in [5, 5.41) is 3.02. The average Bonchev–Trinajstić information content (AvgIpc) is 3.56. The standard InChI is InChI=1S/C34H37N5O4/c1-19(21-6-11-25(42-5)12-7-21)38-17-23(15-30(38)40)20(2)43-32-31-29(35-18-39(31)24-9-10-24)16-27(36-32)22-8-13-26-28(14-22)37-33(41)34(26,3)4/h6-8,11-14,16,18-20,23-24H,9-10,15,17H2,1-5H3,(H,37,41)/t19-,20-,23?/m1/s1. The molecule has 3 atom stereocenters. The van der Waals surface area contributed by atoms with Crippen LogP contribution in [0.1, 0.15) is 70.2 Å². The van der Waals surface area contributed by atoms with Gasteiger partial charge in [-0.25, -0.2) is 9.97 Å². The second kappa shape index (κ2) is 10.1. The summed E-state index contributed by atoms with van der Waals surface area (Å²) < 4.78 is 14.1. The molecule has 1 N–H and O–H groups in total. The zero-order valence-electron chi connectivity index (χ0n) is 25.3. The molecule has 1 saturated carbocycles. The van der Waals surface area contributed by atoms with Crippen LogP contribution in [0, 0.1) is 5.92 Å². The Bertz CT molecular complexity index is 1740. The van der Waals surface area contributed by atoms with Gasteiger partial charge in [-0.2, -0.15) is 0 Å². The molecule has 3 aliphatic rings. The number of carbonyl (C=O) groups is 2. The summed E-state index contributed by atoms with van der Waals surface area (Å²) in [4.78, 5) is 37.5. The number of aromatic nitrogens is 3. The summed E-state index contributed by atoms with van der Waals surface area (Å²) >= 11 is 0. The normalized spacial score (nSPS) is 20.7. The number of ether oxygens (including phenoxy) is 2. The predicted molar refractivity (Wildman–Crippen MR) is 164 cm³/mol. The fourth-order valence-electron chi connectivity index (χ4n) is 6.42. The smallest absolute Gasteiger partial charge is 0.241 e. The van der Waals surface area contributed by atoms with Crippen molar-refractivity contribution in [3.63, 3.8) is 0 Å². The molecule has 2 amide bonds. The average molecular weight is 580 g/mol. The fourth-order valence-corrected chi connectivity index (χ4v) is 6.42. The molecule has 2 aromatic heterocycles. The van der Waals surface area contributed by atoms with E-state index in [0.717, 1.165) is 57.7 Å². The number of nitrogens with zero attached hydrogens (tertiary/aromatic N) is 4. The van der Waals surface area contributed by atoms with Crippen LogP contribution in [0.5, 0.6) is 11.6 Å². The van der Waals surface area contributed by atoms with E-state index in [2.05, 4.69) is 16.8 Å². The van der Waals surface area contributed by atoms with Crippen LogP contribution in [-0.2, 0) is 15.0 Å². The SMILES string of the molecule is COc1ccc([C@@H](C)N2CC([C@@H](C)Oc3nc(-c4ccc5c(c4)NC(=O)C5(C)C)cc4ncn(C5CC5)c34)CC2=O)cc1. The van der Waals surface area contributed by atoms with Gasteiger partial charge >= 0.3 is 0 Å². The Hall–Kier alpha value is -4.40. The highest BCUT2D eigenvalue weighted by Crippen LogP contribution is 2.43. The minimum absolute atomic E-state index is 0.00875. The molecule has 4 aromatic rings. The quantitative estimate of drug-likeness (QED) is 0.273. The van der Waals surface area contributed by atoms with E-state index >= 15 is 0 Å². The highest BCUT2D eigenvalue weighted by atomic mass is 16.5. The third kappa shape index (κ3) is 4.71. The highest BCUT2D eigenvalue weighted by Gasteiger charge is 2.39. The first-order valence-electron chi connectivity index (χ1n) is 15.1. The van der Waals surface area contributed by atoms with E-state index < -0.39 is 5.41 Å². The minimum Gasteiger partial charge on any atom is -0.497 e. The van der Waals surface area contributed by atoms with Gasteiger partial charge in [-0.05, 0) is 75.9 Å². The van der Waals surface area contributed by atoms with Crippen LogP contribution < -0.4 is 14.8 Å². The lowest BCUT2D eigenvalue weighted by Gasteiger charge is -2.27. The van der Waals surface area contributed by atoms with Gasteiger partial charge in [-0.1, -0.05) is 24.3 Å². The van der Waals surface area contributed by atoms with Gasteiger partial charge < -0.3 is 24.3 Å². The number of amides is 2. The van der Waals surface area contributed by atoms with Crippen LogP contribution in [0.15, 0.2) is 54.9 Å². The fraction of sp³-hybridized carbons (Fsp3) is 0.412. The van der Waals surface area contributed by atoms with Crippen LogP contribution in [0.25, 0.3) is 22.3 Å². The second-order valence-electron chi connectivity index (χ2n) is 12.7. The predicted octanol–water partition coefficient (Wildman–Crippen LogP) is 6.05. The molecule has 7 rings (SSSR count). The van der Waals surface area contributed by atoms with Gasteiger partial charge in [0.1, 0.15) is 17.4 Å². The number of rotatable bonds is 8. The molecule has 9 heteroatoms. The number of anilines is 1. The lowest BCUT2D eigenvalue weighted by molar-refractivity contribution is -0.129. The van der Waals surface area contributed by atoms with Crippen LogP contribution in [0.4, 0.5) is 5.69 Å². The lowest BCUT2D eigenvalue weighted by Crippen LogP contribution is -2.31. The zero-order chi connectivity index (χ0) is 30.0. The molecule has 2 aromatic carbocycles. The molecule has 1 saturated heterocycles. The summed E-state index contributed by atoms with van der Waals surface area (Å²) in [5.74, 6) is 1.46. The second-order valence-corrected chi connectivity index (χ2v) is 12.7. The largest absolute Gasteiger partial charge is 0.497 e. The van der Waals surface area contributed by atoms with Crippen molar-refractivity contribution in [3.8, 4) is 22.9 Å². The maximum Gasteiger partial charge on any atom is 0.241 e. The summed E-state index contributed by atoms with van der Waals surface area (Å²) in [6, 6.07) is 16.2. The number of carbonyl (C=O) groups excluding carboxylic acids is 2. The zero-order valence-corrected chi connectivity index (χ0v) is 25.3. The van der Waals surface area contributed by atoms with Crippen molar-refractivity contribution in [2.45, 2.75) is 70.6 Å². The number of fused-ring (bicyclic) bond motifs is 2. The van der Waals surface area contributed by atoms with Crippen molar-refractivity contribution >= 4 is 28.5 Å². The molecule has 4 heterocycles. The van der Waals surface area contributed by atoms with Gasteiger partial charge in [0.05, 0.1) is 36.1 Å². The van der Waals surface area contributed by atoms with E-state index in [1.165, 1.54) is 0 Å². The van der Waals surface area contributed by atoms with E-state index in [1.54, 1.807) is 7.11 Å². The number of nitrogens with one attached hydrogen (secondary N) is 1. The van der Waals surface area contributed by atoms with Crippen molar-refractivity contribution in [2.75, 3.05) is 19.0 Å². The van der Waals surface area contributed by atoms with Crippen LogP contribution in [-0.4, -0.2) is 51.0 Å². The first kappa shape index (κ1) is 27.4. The summed E-state index contributed by atoms with van der Waals surface area (Å²) in [6.45, 7) is 8.57.